The zero-order chi connectivity index (χ0) is 23.7. The molecule has 0 aliphatic heterocycles. The second-order valence-corrected chi connectivity index (χ2v) is 6.80. The number of ether oxygens (including phenoxy) is 1. The molecule has 0 fully saturated rings. The van der Waals surface area contributed by atoms with Crippen LogP contribution in [0.3, 0.4) is 0 Å². The second-order valence-electron chi connectivity index (χ2n) is 6.80. The zero-order valence-corrected chi connectivity index (χ0v) is 19.2. The van der Waals surface area contributed by atoms with E-state index in [4.69, 9.17) is 9.72 Å². The summed E-state index contributed by atoms with van der Waals surface area (Å²) in [5, 5.41) is 9.92. The zero-order valence-electron chi connectivity index (χ0n) is 19.2. The number of nitrogens with one attached hydrogen (secondary N) is 1. The third-order valence-electron chi connectivity index (χ3n) is 4.80. The molecule has 2 rings (SSSR count). The summed E-state index contributed by atoms with van der Waals surface area (Å²) >= 11 is 0. The number of likely N-dealkylation sites (N-methyl/N-ethyl adjacent to an activating group) is 1. The van der Waals surface area contributed by atoms with E-state index < -0.39 is 5.97 Å². The Balaban J connectivity index is 3.04. The van der Waals surface area contributed by atoms with Crippen molar-refractivity contribution in [2.24, 2.45) is 4.99 Å². The van der Waals surface area contributed by atoms with Crippen molar-refractivity contribution in [1.29, 1.82) is 0 Å². The van der Waals surface area contributed by atoms with Crippen LogP contribution in [0, 0.1) is 6.92 Å². The Labute approximate surface area is 189 Å². The fourth-order valence-corrected chi connectivity index (χ4v) is 3.41. The molecule has 0 unspecified atom stereocenters. The Kier molecular flexibility index (Phi) is 8.92. The molecule has 2 aromatic rings. The highest BCUT2D eigenvalue weighted by Gasteiger charge is 2.29. The Morgan fingerprint density at radius 3 is 2.53 bits per heavy atom. The topological polar surface area (TPSA) is 87.1 Å². The molecule has 7 heteroatoms. The van der Waals surface area contributed by atoms with Crippen molar-refractivity contribution >= 4 is 17.6 Å². The van der Waals surface area contributed by atoms with Gasteiger partial charge in [0, 0.05) is 25.4 Å². The molecule has 0 atom stereocenters. The number of allylic oxidation sites excluding steroid dienone is 4. The molecule has 0 radical (unpaired) electrons. The fraction of sp³-hybridized carbons (Fsp3) is 0.240. The summed E-state index contributed by atoms with van der Waals surface area (Å²) in [6.07, 6.45) is 7.35. The number of hydroxylamine groups is 1. The van der Waals surface area contributed by atoms with Gasteiger partial charge in [0.15, 0.2) is 5.84 Å². The second kappa shape index (κ2) is 11.6. The van der Waals surface area contributed by atoms with E-state index in [2.05, 4.69) is 17.1 Å². The lowest BCUT2D eigenvalue weighted by molar-refractivity contribution is 0.0526. The van der Waals surface area contributed by atoms with Crippen molar-refractivity contribution in [2.45, 2.75) is 20.8 Å². The van der Waals surface area contributed by atoms with Crippen LogP contribution in [0.2, 0.25) is 0 Å². The van der Waals surface area contributed by atoms with Gasteiger partial charge in [0.25, 0.3) is 0 Å². The molecule has 168 valence electrons. The van der Waals surface area contributed by atoms with E-state index in [-0.39, 0.29) is 12.4 Å². The minimum Gasteiger partial charge on any atom is -0.462 e. The summed E-state index contributed by atoms with van der Waals surface area (Å²) in [5.41, 5.74) is 5.60. The number of carbonyl (C=O) groups excluding carboxylic acids is 1. The smallest absolute Gasteiger partial charge is 0.340 e. The fourth-order valence-electron chi connectivity index (χ4n) is 3.41. The molecule has 32 heavy (non-hydrogen) atoms. The Hall–Kier alpha value is -3.71. The van der Waals surface area contributed by atoms with Gasteiger partial charge in [-0.25, -0.2) is 9.78 Å². The van der Waals surface area contributed by atoms with Crippen LogP contribution >= 0.6 is 0 Å². The van der Waals surface area contributed by atoms with E-state index in [0.717, 1.165) is 11.3 Å². The molecule has 0 amide bonds. The largest absolute Gasteiger partial charge is 0.462 e. The Morgan fingerprint density at radius 1 is 1.31 bits per heavy atom. The molecule has 2 N–H and O–H groups in total. The van der Waals surface area contributed by atoms with Gasteiger partial charge in [-0.15, -0.1) is 0 Å². The normalized spacial score (nSPS) is 12.1. The summed E-state index contributed by atoms with van der Waals surface area (Å²) in [4.78, 5) is 23.8. The first-order chi connectivity index (χ1) is 15.4. The summed E-state index contributed by atoms with van der Waals surface area (Å²) in [5.74, 6) is 0.181. The van der Waals surface area contributed by atoms with Gasteiger partial charge in [0.05, 0.1) is 23.4 Å². The van der Waals surface area contributed by atoms with Crippen LogP contribution in [0.25, 0.3) is 11.1 Å². The first-order valence-corrected chi connectivity index (χ1v) is 10.3. The van der Waals surface area contributed by atoms with Gasteiger partial charge in [0.2, 0.25) is 0 Å². The number of hydrogen-bond acceptors (Lipinski definition) is 6. The van der Waals surface area contributed by atoms with Crippen LogP contribution in [-0.4, -0.2) is 42.7 Å². The number of esters is 1. The maximum atomic E-state index is 13.0. The third kappa shape index (κ3) is 5.12. The van der Waals surface area contributed by atoms with E-state index in [0.29, 0.717) is 28.2 Å². The van der Waals surface area contributed by atoms with E-state index in [9.17, 15) is 10.0 Å². The first-order valence-electron chi connectivity index (χ1n) is 10.3. The number of hydrogen-bond donors (Lipinski definition) is 2. The molecule has 0 aliphatic carbocycles. The minimum atomic E-state index is -0.490. The van der Waals surface area contributed by atoms with Crippen LogP contribution in [0.15, 0.2) is 71.9 Å². The Morgan fingerprint density at radius 2 is 2.00 bits per heavy atom. The van der Waals surface area contributed by atoms with Crippen LogP contribution in [0.4, 0.5) is 5.82 Å². The number of aliphatic imine (C=N–C) groups is 1. The number of rotatable bonds is 8. The molecule has 1 aromatic heterocycles. The van der Waals surface area contributed by atoms with Crippen molar-refractivity contribution < 1.29 is 14.7 Å². The van der Waals surface area contributed by atoms with E-state index >= 15 is 0 Å². The van der Waals surface area contributed by atoms with E-state index in [1.807, 2.05) is 67.4 Å². The summed E-state index contributed by atoms with van der Waals surface area (Å²) < 4.78 is 5.35. The number of amidine groups is 1. The Bertz CT molecular complexity index is 1060. The average molecular weight is 435 g/mol. The van der Waals surface area contributed by atoms with Gasteiger partial charge >= 0.3 is 5.97 Å². The predicted octanol–water partition coefficient (Wildman–Crippen LogP) is 4.67. The number of nitrogens with zero attached hydrogens (tertiary/aromatic N) is 3. The predicted molar refractivity (Wildman–Crippen MR) is 129 cm³/mol. The maximum absolute atomic E-state index is 13.0. The van der Waals surface area contributed by atoms with Gasteiger partial charge in [-0.2, -0.15) is 0 Å². The molecular weight excluding hydrogens is 404 g/mol. The van der Waals surface area contributed by atoms with Crippen LogP contribution in [0.5, 0.6) is 0 Å². The monoisotopic (exact) mass is 434 g/mol. The lowest BCUT2D eigenvalue weighted by Gasteiger charge is -2.27. The number of benzene rings is 1. The van der Waals surface area contributed by atoms with Gasteiger partial charge in [0.1, 0.15) is 5.82 Å². The highest BCUT2D eigenvalue weighted by atomic mass is 16.5. The van der Waals surface area contributed by atoms with Crippen molar-refractivity contribution in [3.05, 3.63) is 83.7 Å². The van der Waals surface area contributed by atoms with Gasteiger partial charge in [-0.05, 0) is 38.5 Å². The van der Waals surface area contributed by atoms with Gasteiger partial charge < -0.3 is 9.64 Å². The molecule has 0 saturated carbocycles. The minimum absolute atomic E-state index is 0.169. The standard InChI is InChI=1S/C25H30N4O3/c1-7-13-19(14-8-2)29(6)24-22(23(26-5)28-31)21(18-15-11-10-12-16-18)20(17(4)27-24)25(30)32-9-3/h7-8,10-16,31H,1,9H2,2-6H3,(H,26,28)/b14-8-,19-13+. The van der Waals surface area contributed by atoms with E-state index in [1.54, 1.807) is 27.0 Å². The summed E-state index contributed by atoms with van der Waals surface area (Å²) in [6, 6.07) is 9.44. The summed E-state index contributed by atoms with van der Waals surface area (Å²) in [7, 11) is 3.40. The SMILES string of the molecule is C=C/C=C(\C=C/C)N(C)c1nc(C)c(C(=O)OCC)c(-c2ccccc2)c1C(=NC)NO. The quantitative estimate of drug-likeness (QED) is 0.206. The molecule has 7 nitrogen and oxygen atoms in total. The van der Waals surface area contributed by atoms with Crippen LogP contribution in [0.1, 0.15) is 35.5 Å². The van der Waals surface area contributed by atoms with Crippen LogP contribution < -0.4 is 10.4 Å². The van der Waals surface area contributed by atoms with Crippen molar-refractivity contribution in [3.63, 3.8) is 0 Å². The number of anilines is 1. The van der Waals surface area contributed by atoms with Gasteiger partial charge in [-0.3, -0.25) is 15.7 Å². The van der Waals surface area contributed by atoms with Crippen molar-refractivity contribution in [2.75, 3.05) is 25.6 Å². The van der Waals surface area contributed by atoms with Crippen LogP contribution in [-0.2, 0) is 4.74 Å². The number of aromatic nitrogens is 1. The number of pyridine rings is 1. The lowest BCUT2D eigenvalue weighted by Crippen LogP contribution is -2.28. The highest BCUT2D eigenvalue weighted by Crippen LogP contribution is 2.36. The molecule has 1 aromatic carbocycles. The van der Waals surface area contributed by atoms with Crippen molar-refractivity contribution in [1.82, 2.24) is 10.5 Å². The first kappa shape index (κ1) is 24.6. The summed E-state index contributed by atoms with van der Waals surface area (Å²) in [6.45, 7) is 9.45. The number of carbonyl (C=O) groups is 1. The molecule has 0 spiro atoms. The van der Waals surface area contributed by atoms with Crippen molar-refractivity contribution in [3.8, 4) is 11.1 Å². The molecule has 1 heterocycles. The highest BCUT2D eigenvalue weighted by molar-refractivity contribution is 6.13. The molecule has 0 aliphatic rings. The molecular formula is C25H30N4O3. The molecule has 0 saturated heterocycles. The number of aryl methyl sites for hydroxylation is 1. The third-order valence-corrected chi connectivity index (χ3v) is 4.80. The maximum Gasteiger partial charge on any atom is 0.340 e. The average Bonchev–Trinajstić information content (AvgIpc) is 2.80. The van der Waals surface area contributed by atoms with E-state index in [1.165, 1.54) is 0 Å². The van der Waals surface area contributed by atoms with Gasteiger partial charge in [-0.1, -0.05) is 49.1 Å². The lowest BCUT2D eigenvalue weighted by atomic mass is 9.92. The molecule has 0 bridgehead atoms.